The number of benzene rings is 3. The van der Waals surface area contributed by atoms with Gasteiger partial charge in [0.1, 0.15) is 35.3 Å². The molecule has 1 amide bonds. The Balaban J connectivity index is 1.45. The lowest BCUT2D eigenvalue weighted by atomic mass is 9.88. The minimum Gasteiger partial charge on any atom is -0.466 e. The zero-order valence-corrected chi connectivity index (χ0v) is 30.8. The number of carbonyl (C=O) groups excluding carboxylic acids is 2. The molecule has 2 saturated heterocycles. The summed E-state index contributed by atoms with van der Waals surface area (Å²) < 4.78 is 107. The molecule has 4 aromatic rings. The second kappa shape index (κ2) is 15.4. The van der Waals surface area contributed by atoms with Crippen LogP contribution in [0.4, 0.5) is 26.3 Å². The maximum atomic E-state index is 16.3. The first-order valence-corrected chi connectivity index (χ1v) is 18.3. The number of alkyl halides is 4. The molecule has 7 rings (SSSR count). The first-order chi connectivity index (χ1) is 26.6. The highest BCUT2D eigenvalue weighted by atomic mass is 19.4. The maximum absolute atomic E-state index is 16.3. The van der Waals surface area contributed by atoms with E-state index in [2.05, 4.69) is 5.32 Å². The molecule has 2 fully saturated rings. The van der Waals surface area contributed by atoms with E-state index in [1.807, 2.05) is 13.0 Å². The summed E-state index contributed by atoms with van der Waals surface area (Å²) in [4.78, 5) is 42.9. The Morgan fingerprint density at radius 1 is 0.982 bits per heavy atom. The van der Waals surface area contributed by atoms with Gasteiger partial charge in [0.2, 0.25) is 5.91 Å². The summed E-state index contributed by atoms with van der Waals surface area (Å²) in [6.45, 7) is 5.91. The van der Waals surface area contributed by atoms with Crippen LogP contribution in [-0.2, 0) is 31.7 Å². The number of nitrogens with zero attached hydrogens (tertiary/aromatic N) is 2. The molecule has 4 bridgehead atoms. The second-order valence-electron chi connectivity index (χ2n) is 14.5. The number of likely N-dealkylation sites (tertiary alicyclic amines) is 1. The van der Waals surface area contributed by atoms with Crippen molar-refractivity contribution in [2.75, 3.05) is 39.5 Å². The summed E-state index contributed by atoms with van der Waals surface area (Å²) >= 11 is 0. The van der Waals surface area contributed by atoms with Crippen molar-refractivity contribution in [3.8, 4) is 22.6 Å². The lowest BCUT2D eigenvalue weighted by molar-refractivity contribution is -0.144. The summed E-state index contributed by atoms with van der Waals surface area (Å²) in [5, 5.41) is 2.62. The molecule has 9 nitrogen and oxygen atoms in total. The molecular formula is C41H39F6N3O6. The molecule has 296 valence electrons. The normalized spacial score (nSPS) is 19.0. The average Bonchev–Trinajstić information content (AvgIpc) is 3.08. The number of pyridine rings is 1. The molecule has 0 radical (unpaired) electrons. The highest BCUT2D eigenvalue weighted by molar-refractivity contribution is 5.85. The van der Waals surface area contributed by atoms with Crippen LogP contribution in [0, 0.1) is 25.5 Å². The minimum absolute atomic E-state index is 0.0145. The van der Waals surface area contributed by atoms with E-state index in [1.165, 1.54) is 25.1 Å². The van der Waals surface area contributed by atoms with Gasteiger partial charge in [-0.1, -0.05) is 6.07 Å². The number of rotatable bonds is 8. The summed E-state index contributed by atoms with van der Waals surface area (Å²) in [6, 6.07) is 7.23. The van der Waals surface area contributed by atoms with Gasteiger partial charge in [-0.2, -0.15) is 13.2 Å². The minimum atomic E-state index is -4.97. The molecule has 15 heteroatoms. The van der Waals surface area contributed by atoms with Crippen LogP contribution in [0.3, 0.4) is 0 Å². The van der Waals surface area contributed by atoms with Gasteiger partial charge in [0.05, 0.1) is 37.8 Å². The van der Waals surface area contributed by atoms with Gasteiger partial charge >= 0.3 is 12.1 Å². The molecule has 0 spiro atoms. The smallest absolute Gasteiger partial charge is 0.416 e. The predicted molar refractivity (Wildman–Crippen MR) is 192 cm³/mol. The summed E-state index contributed by atoms with van der Waals surface area (Å²) in [6.07, 6.45) is -6.10. The number of esters is 1. The van der Waals surface area contributed by atoms with E-state index in [0.29, 0.717) is 40.7 Å². The number of hydrogen-bond donors (Lipinski definition) is 1. The predicted octanol–water partition coefficient (Wildman–Crippen LogP) is 7.24. The third kappa shape index (κ3) is 7.79. The topological polar surface area (TPSA) is 99.1 Å². The molecule has 1 N–H and O–H groups in total. The van der Waals surface area contributed by atoms with Gasteiger partial charge in [0.15, 0.2) is 0 Å². The molecule has 1 aromatic heterocycles. The van der Waals surface area contributed by atoms with Crippen LogP contribution in [0.15, 0.2) is 59.5 Å². The Morgan fingerprint density at radius 3 is 2.39 bits per heavy atom. The van der Waals surface area contributed by atoms with E-state index in [1.54, 1.807) is 24.0 Å². The third-order valence-electron chi connectivity index (χ3n) is 10.5. The summed E-state index contributed by atoms with van der Waals surface area (Å²) in [5.74, 6) is -3.32. The number of ether oxygens (including phenoxy) is 3. The first-order valence-electron chi connectivity index (χ1n) is 18.3. The fraction of sp³-hybridized carbons (Fsp3) is 0.390. The molecule has 56 heavy (non-hydrogen) atoms. The third-order valence-corrected chi connectivity index (χ3v) is 10.5. The molecule has 4 heterocycles. The number of halogens is 6. The van der Waals surface area contributed by atoms with Crippen molar-refractivity contribution in [3.63, 3.8) is 0 Å². The van der Waals surface area contributed by atoms with Gasteiger partial charge < -0.3 is 19.5 Å². The number of aryl methyl sites for hydroxylation is 2. The second-order valence-corrected chi connectivity index (χ2v) is 14.5. The van der Waals surface area contributed by atoms with Gasteiger partial charge in [-0.15, -0.1) is 0 Å². The van der Waals surface area contributed by atoms with Crippen molar-refractivity contribution < 1.29 is 50.1 Å². The SMILES string of the molecule is CCOC(=O)C[C@@H]1NC(=O)[C@@H](n2cc(CCN3CC(F)C3)c(C(F)(F)F)cc2=O)c2cc(ccc2F)Oc2cc(C3COC3)cc(C)c2-c2cc(C)c(F)c1c2. The Kier molecular flexibility index (Phi) is 10.8. The zero-order valence-electron chi connectivity index (χ0n) is 30.8. The lowest BCUT2D eigenvalue weighted by Gasteiger charge is -2.34. The van der Waals surface area contributed by atoms with Crippen LogP contribution in [0.2, 0.25) is 0 Å². The van der Waals surface area contributed by atoms with Crippen molar-refractivity contribution in [1.82, 2.24) is 14.8 Å². The highest BCUT2D eigenvalue weighted by Crippen LogP contribution is 2.43. The molecule has 0 unspecified atom stereocenters. The zero-order chi connectivity index (χ0) is 40.1. The molecular weight excluding hydrogens is 744 g/mol. The van der Waals surface area contributed by atoms with Crippen LogP contribution >= 0.6 is 0 Å². The van der Waals surface area contributed by atoms with Crippen LogP contribution in [0.1, 0.15) is 70.3 Å². The number of aromatic nitrogens is 1. The van der Waals surface area contributed by atoms with E-state index in [9.17, 15) is 31.9 Å². The van der Waals surface area contributed by atoms with Crippen molar-refractivity contribution >= 4 is 11.9 Å². The van der Waals surface area contributed by atoms with Gasteiger partial charge in [-0.3, -0.25) is 23.9 Å². The fourth-order valence-corrected chi connectivity index (χ4v) is 7.53. The van der Waals surface area contributed by atoms with Gasteiger partial charge in [-0.25, -0.2) is 13.2 Å². The van der Waals surface area contributed by atoms with E-state index < -0.39 is 76.6 Å². The van der Waals surface area contributed by atoms with E-state index in [0.717, 1.165) is 23.4 Å². The van der Waals surface area contributed by atoms with Gasteiger partial charge in [0.25, 0.3) is 5.56 Å². The monoisotopic (exact) mass is 783 g/mol. The Labute approximate surface area is 318 Å². The molecule has 3 aliphatic rings. The standard InChI is InChI=1S/C41H39F6N3O6/c1-4-55-36(52)15-33-30-11-25(10-22(3)38(30)44)37-21(2)9-24(26-19-54-20-26)12-34(37)56-28-5-6-32(43)29(13-28)39(40(53)48-33)50-16-23(7-8-49-17-27(42)18-49)31(14-35(50)51)41(45,46)47/h5-6,9-14,16,26-27,33,39H,4,7-8,15,17-20H2,1-3H3,(H,48,53)/t33-,39-/m0/s1. The quantitative estimate of drug-likeness (QED) is 0.149. The first kappa shape index (κ1) is 39.1. The largest absolute Gasteiger partial charge is 0.466 e. The highest BCUT2D eigenvalue weighted by Gasteiger charge is 2.38. The van der Waals surface area contributed by atoms with Crippen molar-refractivity contribution in [3.05, 3.63) is 116 Å². The molecule has 3 aliphatic heterocycles. The number of carbonyl (C=O) groups is 2. The van der Waals surface area contributed by atoms with Gasteiger partial charge in [0, 0.05) is 54.5 Å². The van der Waals surface area contributed by atoms with Crippen molar-refractivity contribution in [1.29, 1.82) is 0 Å². The maximum Gasteiger partial charge on any atom is 0.416 e. The molecule has 2 atom stereocenters. The van der Waals surface area contributed by atoms with Crippen molar-refractivity contribution in [2.45, 2.75) is 64.0 Å². The van der Waals surface area contributed by atoms with Gasteiger partial charge in [-0.05, 0) is 91.4 Å². The van der Waals surface area contributed by atoms with E-state index in [4.69, 9.17) is 14.2 Å². The fourth-order valence-electron chi connectivity index (χ4n) is 7.53. The molecule has 0 aliphatic carbocycles. The molecule has 3 aromatic carbocycles. The van der Waals surface area contributed by atoms with Crippen LogP contribution < -0.4 is 15.6 Å². The number of amides is 1. The Bertz CT molecular complexity index is 2250. The lowest BCUT2D eigenvalue weighted by Crippen LogP contribution is -2.49. The molecule has 0 saturated carbocycles. The summed E-state index contributed by atoms with van der Waals surface area (Å²) in [5.41, 5.74) is -0.702. The van der Waals surface area contributed by atoms with E-state index >= 15 is 8.78 Å². The number of hydrogen-bond acceptors (Lipinski definition) is 7. The Hall–Kier alpha value is -5.15. The average molecular weight is 784 g/mol. The van der Waals surface area contributed by atoms with E-state index in [-0.39, 0.29) is 55.5 Å². The van der Waals surface area contributed by atoms with Crippen molar-refractivity contribution in [2.24, 2.45) is 0 Å². The van der Waals surface area contributed by atoms with Crippen LogP contribution in [-0.4, -0.2) is 67.0 Å². The Morgan fingerprint density at radius 2 is 1.73 bits per heavy atom. The number of fused-ring (bicyclic) bond motifs is 6. The summed E-state index contributed by atoms with van der Waals surface area (Å²) in [7, 11) is 0. The van der Waals surface area contributed by atoms with Crippen LogP contribution in [0.25, 0.3) is 11.1 Å². The number of nitrogens with one attached hydrogen (secondary N) is 1. The van der Waals surface area contributed by atoms with Crippen LogP contribution in [0.5, 0.6) is 11.5 Å².